The first-order chi connectivity index (χ1) is 10.2. The van der Waals surface area contributed by atoms with Crippen molar-refractivity contribution in [3.05, 3.63) is 0 Å². The average molecular weight is 294 g/mol. The van der Waals surface area contributed by atoms with Gasteiger partial charge in [-0.3, -0.25) is 9.59 Å². The molecule has 3 fully saturated rings. The van der Waals surface area contributed by atoms with Crippen LogP contribution < -0.4 is 5.32 Å². The van der Waals surface area contributed by atoms with E-state index in [2.05, 4.69) is 10.2 Å². The normalized spacial score (nSPS) is 35.1. The Morgan fingerprint density at radius 1 is 1.10 bits per heavy atom. The van der Waals surface area contributed by atoms with E-state index in [1.807, 2.05) is 0 Å². The molecule has 0 aromatic carbocycles. The SMILES string of the molecule is O=C(O)CNCC1CCCN(C(=O)C2C3CCCCC32)C1. The molecule has 2 N–H and O–H groups in total. The van der Waals surface area contributed by atoms with Crippen LogP contribution >= 0.6 is 0 Å². The molecule has 0 aromatic heterocycles. The van der Waals surface area contributed by atoms with Crippen LogP contribution in [-0.2, 0) is 9.59 Å². The van der Waals surface area contributed by atoms with Crippen LogP contribution in [0.3, 0.4) is 0 Å². The van der Waals surface area contributed by atoms with E-state index in [0.717, 1.165) is 25.9 Å². The molecule has 0 radical (unpaired) electrons. The van der Waals surface area contributed by atoms with Crippen LogP contribution in [0.2, 0.25) is 0 Å². The third-order valence-electron chi connectivity index (χ3n) is 5.48. The summed E-state index contributed by atoms with van der Waals surface area (Å²) in [6.07, 6.45) is 7.23. The number of carbonyl (C=O) groups excluding carboxylic acids is 1. The number of carboxylic acid groups (broad SMARTS) is 1. The fraction of sp³-hybridized carbons (Fsp3) is 0.875. The number of aliphatic carboxylic acids is 1. The van der Waals surface area contributed by atoms with Crippen molar-refractivity contribution in [2.75, 3.05) is 26.2 Å². The van der Waals surface area contributed by atoms with Crippen molar-refractivity contribution in [3.8, 4) is 0 Å². The molecule has 2 aliphatic carbocycles. The Bertz CT molecular complexity index is 400. The number of nitrogens with one attached hydrogen (secondary N) is 1. The molecule has 5 heteroatoms. The van der Waals surface area contributed by atoms with Crippen molar-refractivity contribution in [2.24, 2.45) is 23.7 Å². The predicted octanol–water partition coefficient (Wildman–Crippen LogP) is 1.34. The highest BCUT2D eigenvalue weighted by atomic mass is 16.4. The Morgan fingerprint density at radius 2 is 1.81 bits per heavy atom. The van der Waals surface area contributed by atoms with Gasteiger partial charge in [0.2, 0.25) is 5.91 Å². The van der Waals surface area contributed by atoms with Gasteiger partial charge in [-0.15, -0.1) is 0 Å². The molecule has 0 bridgehead atoms. The van der Waals surface area contributed by atoms with Crippen molar-refractivity contribution in [1.29, 1.82) is 0 Å². The fourth-order valence-electron chi connectivity index (χ4n) is 4.38. The summed E-state index contributed by atoms with van der Waals surface area (Å²) in [5.74, 6) is 1.64. The van der Waals surface area contributed by atoms with Crippen LogP contribution in [0.4, 0.5) is 0 Å². The van der Waals surface area contributed by atoms with E-state index >= 15 is 0 Å². The van der Waals surface area contributed by atoms with Crippen LogP contribution in [0, 0.1) is 23.7 Å². The molecular formula is C16H26N2O3. The molecule has 3 atom stereocenters. The number of carbonyl (C=O) groups is 2. The Kier molecular flexibility index (Phi) is 4.48. The summed E-state index contributed by atoms with van der Waals surface area (Å²) in [5, 5.41) is 11.6. The molecule has 2 saturated carbocycles. The van der Waals surface area contributed by atoms with Crippen molar-refractivity contribution in [1.82, 2.24) is 10.2 Å². The van der Waals surface area contributed by atoms with E-state index in [4.69, 9.17) is 5.11 Å². The van der Waals surface area contributed by atoms with Crippen LogP contribution in [-0.4, -0.2) is 48.1 Å². The number of nitrogens with zero attached hydrogens (tertiary/aromatic N) is 1. The molecule has 1 saturated heterocycles. The summed E-state index contributed by atoms with van der Waals surface area (Å²) in [6.45, 7) is 2.41. The number of hydrogen-bond donors (Lipinski definition) is 2. The summed E-state index contributed by atoms with van der Waals surface area (Å²) < 4.78 is 0. The van der Waals surface area contributed by atoms with Crippen molar-refractivity contribution < 1.29 is 14.7 Å². The maximum Gasteiger partial charge on any atom is 0.317 e. The van der Waals surface area contributed by atoms with Crippen LogP contribution in [0.15, 0.2) is 0 Å². The first-order valence-corrected chi connectivity index (χ1v) is 8.38. The largest absolute Gasteiger partial charge is 0.480 e. The topological polar surface area (TPSA) is 69.6 Å². The molecule has 21 heavy (non-hydrogen) atoms. The molecule has 3 unspecified atom stereocenters. The number of carboxylic acids is 1. The zero-order valence-corrected chi connectivity index (χ0v) is 12.6. The molecule has 0 spiro atoms. The smallest absolute Gasteiger partial charge is 0.317 e. The molecular weight excluding hydrogens is 268 g/mol. The van der Waals surface area contributed by atoms with Gasteiger partial charge in [-0.05, 0) is 43.4 Å². The molecule has 5 nitrogen and oxygen atoms in total. The highest BCUT2D eigenvalue weighted by Crippen LogP contribution is 2.56. The molecule has 1 heterocycles. The number of piperidine rings is 1. The number of fused-ring (bicyclic) bond motifs is 1. The highest BCUT2D eigenvalue weighted by Gasteiger charge is 2.55. The van der Waals surface area contributed by atoms with Gasteiger partial charge in [0.05, 0.1) is 6.54 Å². The molecule has 118 valence electrons. The Hall–Kier alpha value is -1.10. The van der Waals surface area contributed by atoms with E-state index in [1.165, 1.54) is 25.7 Å². The minimum absolute atomic E-state index is 0.0111. The second-order valence-corrected chi connectivity index (χ2v) is 6.96. The number of hydrogen-bond acceptors (Lipinski definition) is 3. The third kappa shape index (κ3) is 3.39. The summed E-state index contributed by atoms with van der Waals surface area (Å²) in [7, 11) is 0. The maximum atomic E-state index is 12.7. The number of amides is 1. The average Bonchev–Trinajstić information content (AvgIpc) is 3.21. The van der Waals surface area contributed by atoms with Crippen LogP contribution in [0.1, 0.15) is 38.5 Å². The Morgan fingerprint density at radius 3 is 2.48 bits per heavy atom. The molecule has 1 amide bonds. The van der Waals surface area contributed by atoms with Crippen molar-refractivity contribution in [3.63, 3.8) is 0 Å². The molecule has 3 aliphatic rings. The fourth-order valence-corrected chi connectivity index (χ4v) is 4.38. The minimum atomic E-state index is -0.819. The van der Waals surface area contributed by atoms with Gasteiger partial charge in [0, 0.05) is 25.6 Å². The lowest BCUT2D eigenvalue weighted by atomic mass is 9.97. The quantitative estimate of drug-likeness (QED) is 0.803. The van der Waals surface area contributed by atoms with Crippen LogP contribution in [0.25, 0.3) is 0 Å². The van der Waals surface area contributed by atoms with Gasteiger partial charge in [0.25, 0.3) is 0 Å². The first kappa shape index (κ1) is 14.8. The zero-order valence-electron chi connectivity index (χ0n) is 12.6. The monoisotopic (exact) mass is 294 g/mol. The zero-order chi connectivity index (χ0) is 14.8. The number of rotatable bonds is 5. The van der Waals surface area contributed by atoms with Crippen molar-refractivity contribution in [2.45, 2.75) is 38.5 Å². The predicted molar refractivity (Wildman–Crippen MR) is 78.7 cm³/mol. The van der Waals surface area contributed by atoms with Gasteiger partial charge in [-0.1, -0.05) is 12.8 Å². The van der Waals surface area contributed by atoms with Gasteiger partial charge >= 0.3 is 5.97 Å². The Labute approximate surface area is 126 Å². The standard InChI is InChI=1S/C16H26N2O3/c19-14(20)9-17-8-11-4-3-7-18(10-11)16(21)15-12-5-1-2-6-13(12)15/h11-13,15,17H,1-10H2,(H,19,20). The summed E-state index contributed by atoms with van der Waals surface area (Å²) in [5.41, 5.74) is 0. The summed E-state index contributed by atoms with van der Waals surface area (Å²) in [4.78, 5) is 25.2. The lowest BCUT2D eigenvalue weighted by molar-refractivity contribution is -0.137. The second-order valence-electron chi connectivity index (χ2n) is 6.96. The molecule has 1 aliphatic heterocycles. The van der Waals surface area contributed by atoms with Crippen molar-refractivity contribution >= 4 is 11.9 Å². The lowest BCUT2D eigenvalue weighted by Gasteiger charge is -2.33. The maximum absolute atomic E-state index is 12.7. The lowest BCUT2D eigenvalue weighted by Crippen LogP contribution is -2.44. The summed E-state index contributed by atoms with van der Waals surface area (Å²) >= 11 is 0. The third-order valence-corrected chi connectivity index (χ3v) is 5.48. The molecule has 0 aromatic rings. The second kappa shape index (κ2) is 6.34. The Balaban J connectivity index is 1.47. The van der Waals surface area contributed by atoms with Gasteiger partial charge in [0.1, 0.15) is 0 Å². The van der Waals surface area contributed by atoms with E-state index in [1.54, 1.807) is 0 Å². The van der Waals surface area contributed by atoms with Gasteiger partial charge in [-0.2, -0.15) is 0 Å². The first-order valence-electron chi connectivity index (χ1n) is 8.38. The van der Waals surface area contributed by atoms with E-state index in [-0.39, 0.29) is 6.54 Å². The minimum Gasteiger partial charge on any atom is -0.480 e. The van der Waals surface area contributed by atoms with E-state index in [0.29, 0.717) is 36.1 Å². The highest BCUT2D eigenvalue weighted by molar-refractivity contribution is 5.82. The molecule has 3 rings (SSSR count). The van der Waals surface area contributed by atoms with Gasteiger partial charge < -0.3 is 15.3 Å². The van der Waals surface area contributed by atoms with Gasteiger partial charge in [-0.25, -0.2) is 0 Å². The van der Waals surface area contributed by atoms with E-state index < -0.39 is 5.97 Å². The van der Waals surface area contributed by atoms with Crippen LogP contribution in [0.5, 0.6) is 0 Å². The summed E-state index contributed by atoms with van der Waals surface area (Å²) in [6, 6.07) is 0. The van der Waals surface area contributed by atoms with E-state index in [9.17, 15) is 9.59 Å². The number of likely N-dealkylation sites (tertiary alicyclic amines) is 1. The van der Waals surface area contributed by atoms with Gasteiger partial charge in [0.15, 0.2) is 0 Å².